The summed E-state index contributed by atoms with van der Waals surface area (Å²) in [5.74, 6) is 0.0894. The van der Waals surface area contributed by atoms with Crippen LogP contribution in [0.15, 0.2) is 47.1 Å². The fourth-order valence-corrected chi connectivity index (χ4v) is 3.74. The number of halogens is 1. The molecule has 1 aromatic carbocycles. The van der Waals surface area contributed by atoms with Crippen LogP contribution in [0.1, 0.15) is 43.1 Å². The lowest BCUT2D eigenvalue weighted by molar-refractivity contribution is -0.123. The van der Waals surface area contributed by atoms with E-state index in [0.29, 0.717) is 12.6 Å². The summed E-state index contributed by atoms with van der Waals surface area (Å²) < 4.78 is 3.21. The molecule has 0 saturated carbocycles. The van der Waals surface area contributed by atoms with Crippen molar-refractivity contribution < 1.29 is 4.79 Å². The van der Waals surface area contributed by atoms with Crippen molar-refractivity contribution in [2.24, 2.45) is 7.05 Å². The van der Waals surface area contributed by atoms with Crippen molar-refractivity contribution in [3.8, 4) is 0 Å². The number of hydrogen-bond acceptors (Lipinski definition) is 2. The summed E-state index contributed by atoms with van der Waals surface area (Å²) in [6, 6.07) is 12.7. The Kier molecular flexibility index (Phi) is 5.41. The minimum Gasteiger partial charge on any atom is -0.353 e. The number of carbonyl (C=O) groups is 1. The Morgan fingerprint density at radius 1 is 1.33 bits per heavy atom. The zero-order chi connectivity index (χ0) is 17.1. The average molecular weight is 390 g/mol. The summed E-state index contributed by atoms with van der Waals surface area (Å²) in [7, 11) is 2.07. The predicted molar refractivity (Wildman–Crippen MR) is 99.7 cm³/mol. The molecule has 1 saturated heterocycles. The van der Waals surface area contributed by atoms with Gasteiger partial charge in [-0.05, 0) is 56.1 Å². The quantitative estimate of drug-likeness (QED) is 0.843. The van der Waals surface area contributed by atoms with Crippen molar-refractivity contribution in [2.75, 3.05) is 13.1 Å². The van der Waals surface area contributed by atoms with Crippen LogP contribution in [0.25, 0.3) is 0 Å². The van der Waals surface area contributed by atoms with Crippen LogP contribution in [0, 0.1) is 0 Å². The highest BCUT2D eigenvalue weighted by molar-refractivity contribution is 9.10. The summed E-state index contributed by atoms with van der Waals surface area (Å²) in [6.45, 7) is 3.46. The largest absolute Gasteiger partial charge is 0.353 e. The molecular formula is C19H24BrN3O. The number of rotatable bonds is 5. The number of aryl methyl sites for hydroxylation is 1. The molecule has 0 bridgehead atoms. The Morgan fingerprint density at radius 2 is 2.08 bits per heavy atom. The van der Waals surface area contributed by atoms with E-state index in [2.05, 4.69) is 56.1 Å². The number of carbonyl (C=O) groups excluding carboxylic acids is 1. The smallest absolute Gasteiger partial charge is 0.234 e. The van der Waals surface area contributed by atoms with Crippen molar-refractivity contribution in [2.45, 2.75) is 31.8 Å². The van der Waals surface area contributed by atoms with Gasteiger partial charge in [-0.25, -0.2) is 0 Å². The van der Waals surface area contributed by atoms with Crippen molar-refractivity contribution >= 4 is 21.8 Å². The van der Waals surface area contributed by atoms with E-state index >= 15 is 0 Å². The average Bonchev–Trinajstić information content (AvgIpc) is 3.16. The lowest BCUT2D eigenvalue weighted by atomic mass is 10.1. The standard InChI is InChI=1S/C19H24BrN3O/c1-14(15-7-9-16(20)10-8-15)21-19(24)13-23-12-4-6-18(23)17-5-3-11-22(17)2/h3,5,7-11,14,18H,4,6,12-13H2,1-2H3,(H,21,24)/t14-,18+/m0/s1. The van der Waals surface area contributed by atoms with Crippen LogP contribution in [0.3, 0.4) is 0 Å². The Balaban J connectivity index is 1.60. The molecule has 1 aliphatic heterocycles. The molecule has 1 N–H and O–H groups in total. The lowest BCUT2D eigenvalue weighted by Crippen LogP contribution is -2.38. The Hall–Kier alpha value is -1.59. The molecule has 3 rings (SSSR count). The number of amides is 1. The molecule has 0 radical (unpaired) electrons. The molecule has 128 valence electrons. The third-order valence-electron chi connectivity index (χ3n) is 4.78. The highest BCUT2D eigenvalue weighted by Crippen LogP contribution is 2.31. The van der Waals surface area contributed by atoms with Crippen LogP contribution >= 0.6 is 15.9 Å². The second-order valence-electron chi connectivity index (χ2n) is 6.51. The summed E-state index contributed by atoms with van der Waals surface area (Å²) in [5.41, 5.74) is 2.41. The number of benzene rings is 1. The van der Waals surface area contributed by atoms with Gasteiger partial charge >= 0.3 is 0 Å². The van der Waals surface area contributed by atoms with Crippen molar-refractivity contribution in [1.82, 2.24) is 14.8 Å². The minimum atomic E-state index is 0.0155. The van der Waals surface area contributed by atoms with Gasteiger partial charge in [0.2, 0.25) is 5.91 Å². The number of nitrogens with zero attached hydrogens (tertiary/aromatic N) is 2. The number of likely N-dealkylation sites (tertiary alicyclic amines) is 1. The second kappa shape index (κ2) is 7.53. The lowest BCUT2D eigenvalue weighted by Gasteiger charge is -2.25. The fourth-order valence-electron chi connectivity index (χ4n) is 3.48. The SMILES string of the molecule is C[C@H](NC(=O)CN1CCC[C@@H]1c1cccn1C)c1ccc(Br)cc1. The first-order valence-electron chi connectivity index (χ1n) is 8.44. The monoisotopic (exact) mass is 389 g/mol. The molecule has 1 aromatic heterocycles. The molecule has 1 aliphatic rings. The van der Waals surface area contributed by atoms with Gasteiger partial charge in [-0.2, -0.15) is 0 Å². The Labute approximate surface area is 152 Å². The van der Waals surface area contributed by atoms with Gasteiger partial charge in [0.05, 0.1) is 18.6 Å². The fraction of sp³-hybridized carbons (Fsp3) is 0.421. The van der Waals surface area contributed by atoms with Crippen LogP contribution in [-0.4, -0.2) is 28.5 Å². The normalized spacial score (nSPS) is 19.4. The van der Waals surface area contributed by atoms with E-state index in [-0.39, 0.29) is 11.9 Å². The number of aromatic nitrogens is 1. The molecule has 1 fully saturated rings. The van der Waals surface area contributed by atoms with Gasteiger partial charge in [0, 0.05) is 23.4 Å². The van der Waals surface area contributed by atoms with Crippen LogP contribution in [0.5, 0.6) is 0 Å². The molecule has 2 heterocycles. The van der Waals surface area contributed by atoms with Gasteiger partial charge in [0.25, 0.3) is 0 Å². The highest BCUT2D eigenvalue weighted by atomic mass is 79.9. The number of hydrogen-bond donors (Lipinski definition) is 1. The van der Waals surface area contributed by atoms with Crippen LogP contribution in [-0.2, 0) is 11.8 Å². The molecule has 5 heteroatoms. The molecule has 1 amide bonds. The van der Waals surface area contributed by atoms with Crippen LogP contribution < -0.4 is 5.32 Å². The maximum atomic E-state index is 12.5. The minimum absolute atomic E-state index is 0.0155. The molecule has 2 atom stereocenters. The molecule has 4 nitrogen and oxygen atoms in total. The molecule has 0 spiro atoms. The van der Waals surface area contributed by atoms with Crippen LogP contribution in [0.2, 0.25) is 0 Å². The molecule has 24 heavy (non-hydrogen) atoms. The van der Waals surface area contributed by atoms with E-state index in [1.807, 2.05) is 31.2 Å². The Morgan fingerprint density at radius 3 is 2.75 bits per heavy atom. The first-order chi connectivity index (χ1) is 11.5. The van der Waals surface area contributed by atoms with Gasteiger partial charge in [-0.15, -0.1) is 0 Å². The van der Waals surface area contributed by atoms with E-state index in [1.54, 1.807) is 0 Å². The summed E-state index contributed by atoms with van der Waals surface area (Å²) in [6.07, 6.45) is 4.33. The summed E-state index contributed by atoms with van der Waals surface area (Å²) in [4.78, 5) is 14.8. The number of nitrogens with one attached hydrogen (secondary N) is 1. The maximum Gasteiger partial charge on any atom is 0.234 e. The van der Waals surface area contributed by atoms with Crippen molar-refractivity contribution in [3.05, 3.63) is 58.3 Å². The van der Waals surface area contributed by atoms with E-state index in [1.165, 1.54) is 5.69 Å². The zero-order valence-electron chi connectivity index (χ0n) is 14.2. The third-order valence-corrected chi connectivity index (χ3v) is 5.31. The van der Waals surface area contributed by atoms with Gasteiger partial charge in [-0.1, -0.05) is 28.1 Å². The topological polar surface area (TPSA) is 37.3 Å². The first kappa shape index (κ1) is 17.2. The van der Waals surface area contributed by atoms with E-state index in [0.717, 1.165) is 29.4 Å². The van der Waals surface area contributed by atoms with Crippen LogP contribution in [0.4, 0.5) is 0 Å². The third kappa shape index (κ3) is 3.90. The van der Waals surface area contributed by atoms with Crippen molar-refractivity contribution in [1.29, 1.82) is 0 Å². The molecule has 2 aromatic rings. The van der Waals surface area contributed by atoms with Gasteiger partial charge < -0.3 is 9.88 Å². The van der Waals surface area contributed by atoms with E-state index in [9.17, 15) is 4.79 Å². The van der Waals surface area contributed by atoms with Gasteiger partial charge in [0.15, 0.2) is 0 Å². The first-order valence-corrected chi connectivity index (χ1v) is 9.24. The van der Waals surface area contributed by atoms with E-state index < -0.39 is 0 Å². The van der Waals surface area contributed by atoms with E-state index in [4.69, 9.17) is 0 Å². The molecule has 0 aliphatic carbocycles. The van der Waals surface area contributed by atoms with Crippen molar-refractivity contribution in [3.63, 3.8) is 0 Å². The zero-order valence-corrected chi connectivity index (χ0v) is 15.8. The highest BCUT2D eigenvalue weighted by Gasteiger charge is 2.29. The Bertz CT molecular complexity index is 695. The summed E-state index contributed by atoms with van der Waals surface area (Å²) >= 11 is 3.44. The second-order valence-corrected chi connectivity index (χ2v) is 7.43. The maximum absolute atomic E-state index is 12.5. The van der Waals surface area contributed by atoms with Gasteiger partial charge in [-0.3, -0.25) is 9.69 Å². The van der Waals surface area contributed by atoms with Gasteiger partial charge in [0.1, 0.15) is 0 Å². The molecular weight excluding hydrogens is 366 g/mol. The summed E-state index contributed by atoms with van der Waals surface area (Å²) in [5, 5.41) is 3.12. The predicted octanol–water partition coefficient (Wildman–Crippen LogP) is 3.80. The molecule has 0 unspecified atom stereocenters.